The lowest BCUT2D eigenvalue weighted by atomic mass is 9.72. The third kappa shape index (κ3) is 5.50. The Morgan fingerprint density at radius 1 is 0.955 bits per heavy atom. The molecular formula is C35H40ClFN4O3. The molecule has 1 aliphatic carbocycles. The maximum atomic E-state index is 15.9. The largest absolute Gasteiger partial charge is 0.322 e. The maximum absolute atomic E-state index is 15.9. The van der Waals surface area contributed by atoms with Crippen LogP contribution in [-0.2, 0) is 22.7 Å². The van der Waals surface area contributed by atoms with E-state index >= 15 is 4.39 Å². The van der Waals surface area contributed by atoms with Gasteiger partial charge in [-0.05, 0) is 73.3 Å². The lowest BCUT2D eigenvalue weighted by Gasteiger charge is -2.43. The van der Waals surface area contributed by atoms with E-state index in [0.717, 1.165) is 50.3 Å². The Labute approximate surface area is 263 Å². The SMILES string of the molecule is CC1(C)CCC(CN2C3CCC2CN(Cc2ccc4c(c2F)CN(C2CCC(=O)NC2=O)C4=O)C3)=C(c2ccc(Cl)cc2)C1. The fourth-order valence-electron chi connectivity index (χ4n) is 8.16. The standard InChI is InChI=1S/C35H40ClFN4O3/c1-35(2)14-13-22(28(15-35)21-3-6-24(36)7-4-21)17-40-25-8-9-26(40)19-39(18-25)16-23-5-10-27-29(32(23)37)20-41(34(27)44)30-11-12-31(42)38-33(30)43/h3-7,10,25-26,30H,8-9,11-20H2,1-2H3,(H,38,42,43). The summed E-state index contributed by atoms with van der Waals surface area (Å²) in [5.41, 5.74) is 5.86. The molecule has 4 heterocycles. The smallest absolute Gasteiger partial charge is 0.255 e. The monoisotopic (exact) mass is 618 g/mol. The zero-order valence-electron chi connectivity index (χ0n) is 25.5. The first-order chi connectivity index (χ1) is 21.1. The summed E-state index contributed by atoms with van der Waals surface area (Å²) in [5.74, 6) is -1.50. The number of rotatable bonds is 6. The van der Waals surface area contributed by atoms with Gasteiger partial charge >= 0.3 is 0 Å². The van der Waals surface area contributed by atoms with Gasteiger partial charge in [0.15, 0.2) is 0 Å². The molecule has 0 radical (unpaired) electrons. The van der Waals surface area contributed by atoms with E-state index in [9.17, 15) is 14.4 Å². The van der Waals surface area contributed by atoms with Gasteiger partial charge in [-0.15, -0.1) is 0 Å². The van der Waals surface area contributed by atoms with Crippen LogP contribution in [0.2, 0.25) is 5.02 Å². The highest BCUT2D eigenvalue weighted by atomic mass is 35.5. The number of imide groups is 1. The van der Waals surface area contributed by atoms with Crippen molar-refractivity contribution in [3.8, 4) is 0 Å². The molecule has 5 aliphatic rings. The average Bonchev–Trinajstić information content (AvgIpc) is 3.43. The Bertz CT molecular complexity index is 1540. The first kappa shape index (κ1) is 29.6. The number of nitrogens with one attached hydrogen (secondary N) is 1. The molecule has 3 amide bonds. The van der Waals surface area contributed by atoms with Gasteiger partial charge in [-0.2, -0.15) is 0 Å². The summed E-state index contributed by atoms with van der Waals surface area (Å²) in [7, 11) is 0. The van der Waals surface area contributed by atoms with Crippen LogP contribution < -0.4 is 5.32 Å². The molecule has 3 unspecified atom stereocenters. The summed E-state index contributed by atoms with van der Waals surface area (Å²) in [6.45, 7) is 8.06. The van der Waals surface area contributed by atoms with Gasteiger partial charge in [0.25, 0.3) is 5.91 Å². The van der Waals surface area contributed by atoms with Crippen molar-refractivity contribution in [3.05, 3.63) is 75.1 Å². The van der Waals surface area contributed by atoms with E-state index < -0.39 is 11.9 Å². The summed E-state index contributed by atoms with van der Waals surface area (Å²) < 4.78 is 15.9. The van der Waals surface area contributed by atoms with Crippen LogP contribution in [-0.4, -0.2) is 70.2 Å². The molecule has 3 saturated heterocycles. The van der Waals surface area contributed by atoms with Crippen molar-refractivity contribution in [3.63, 3.8) is 0 Å². The Hall–Kier alpha value is -3.07. The molecule has 4 aliphatic heterocycles. The molecule has 2 bridgehead atoms. The highest BCUT2D eigenvalue weighted by Gasteiger charge is 2.43. The summed E-state index contributed by atoms with van der Waals surface area (Å²) in [5, 5.41) is 3.07. The summed E-state index contributed by atoms with van der Waals surface area (Å²) in [4.78, 5) is 43.6. The minimum atomic E-state index is -0.746. The quantitative estimate of drug-likeness (QED) is 0.430. The number of amides is 3. The molecule has 7 nitrogen and oxygen atoms in total. The average molecular weight is 619 g/mol. The number of hydrogen-bond donors (Lipinski definition) is 1. The van der Waals surface area contributed by atoms with Crippen LogP contribution in [0, 0.1) is 11.2 Å². The van der Waals surface area contributed by atoms with Gasteiger partial charge in [0.05, 0.1) is 6.54 Å². The minimum absolute atomic E-state index is 0.0566. The fraction of sp³-hybridized carbons (Fsp3) is 0.514. The lowest BCUT2D eigenvalue weighted by Crippen LogP contribution is -2.53. The van der Waals surface area contributed by atoms with Crippen molar-refractivity contribution in [2.24, 2.45) is 5.41 Å². The van der Waals surface area contributed by atoms with Gasteiger partial charge in [-0.25, -0.2) is 4.39 Å². The predicted octanol–water partition coefficient (Wildman–Crippen LogP) is 5.55. The lowest BCUT2D eigenvalue weighted by molar-refractivity contribution is -0.136. The zero-order chi connectivity index (χ0) is 30.7. The number of benzene rings is 2. The summed E-state index contributed by atoms with van der Waals surface area (Å²) in [6.07, 6.45) is 6.12. The van der Waals surface area contributed by atoms with E-state index in [1.165, 1.54) is 22.5 Å². The third-order valence-corrected chi connectivity index (χ3v) is 10.8. The maximum Gasteiger partial charge on any atom is 0.255 e. The van der Waals surface area contributed by atoms with Gasteiger partial charge in [0.1, 0.15) is 11.9 Å². The Morgan fingerprint density at radius 3 is 2.39 bits per heavy atom. The number of piperazine rings is 1. The first-order valence-electron chi connectivity index (χ1n) is 16.0. The van der Waals surface area contributed by atoms with E-state index in [-0.39, 0.29) is 42.4 Å². The van der Waals surface area contributed by atoms with Crippen LogP contribution in [0.5, 0.6) is 0 Å². The van der Waals surface area contributed by atoms with Crippen LogP contribution in [0.4, 0.5) is 4.39 Å². The number of allylic oxidation sites excluding steroid dienone is 1. The Kier molecular flexibility index (Phi) is 7.66. The normalized spacial score (nSPS) is 27.2. The second-order valence-corrected chi connectivity index (χ2v) is 14.6. The number of nitrogens with zero attached hydrogens (tertiary/aromatic N) is 3. The van der Waals surface area contributed by atoms with Crippen molar-refractivity contribution in [1.82, 2.24) is 20.0 Å². The molecule has 0 spiro atoms. The number of piperidine rings is 1. The first-order valence-corrected chi connectivity index (χ1v) is 16.3. The summed E-state index contributed by atoms with van der Waals surface area (Å²) in [6, 6.07) is 11.9. The molecule has 3 atom stereocenters. The number of fused-ring (bicyclic) bond motifs is 3. The van der Waals surface area contributed by atoms with Gasteiger partial charge in [-0.3, -0.25) is 29.5 Å². The second-order valence-electron chi connectivity index (χ2n) is 14.1. The Balaban J connectivity index is 1.05. The van der Waals surface area contributed by atoms with E-state index in [1.807, 2.05) is 12.1 Å². The zero-order valence-corrected chi connectivity index (χ0v) is 26.3. The molecule has 2 aromatic carbocycles. The minimum Gasteiger partial charge on any atom is -0.322 e. The van der Waals surface area contributed by atoms with Crippen LogP contribution >= 0.6 is 11.6 Å². The second kappa shape index (κ2) is 11.4. The number of likely N-dealkylation sites (tertiary alicyclic amines) is 1. The fourth-order valence-corrected chi connectivity index (χ4v) is 8.29. The van der Waals surface area contributed by atoms with Crippen molar-refractivity contribution in [2.45, 2.75) is 90.0 Å². The van der Waals surface area contributed by atoms with Gasteiger partial charge in [-0.1, -0.05) is 49.2 Å². The van der Waals surface area contributed by atoms with Crippen molar-refractivity contribution in [2.75, 3.05) is 19.6 Å². The molecule has 3 fully saturated rings. The van der Waals surface area contributed by atoms with E-state index in [4.69, 9.17) is 11.6 Å². The molecule has 44 heavy (non-hydrogen) atoms. The molecule has 232 valence electrons. The van der Waals surface area contributed by atoms with Crippen molar-refractivity contribution < 1.29 is 18.8 Å². The molecular weight excluding hydrogens is 579 g/mol. The van der Waals surface area contributed by atoms with Gasteiger partial charge in [0, 0.05) is 66.4 Å². The van der Waals surface area contributed by atoms with Crippen LogP contribution in [0.15, 0.2) is 42.0 Å². The van der Waals surface area contributed by atoms with Crippen molar-refractivity contribution >= 4 is 34.9 Å². The number of carbonyl (C=O) groups excluding carboxylic acids is 3. The number of halogens is 2. The van der Waals surface area contributed by atoms with Crippen LogP contribution in [0.1, 0.15) is 85.8 Å². The van der Waals surface area contributed by atoms with Crippen LogP contribution in [0.3, 0.4) is 0 Å². The molecule has 2 aromatic rings. The molecule has 7 rings (SSSR count). The van der Waals surface area contributed by atoms with Crippen molar-refractivity contribution in [1.29, 1.82) is 0 Å². The summed E-state index contributed by atoms with van der Waals surface area (Å²) >= 11 is 6.21. The number of hydrogen-bond acceptors (Lipinski definition) is 5. The van der Waals surface area contributed by atoms with Crippen LogP contribution in [0.25, 0.3) is 5.57 Å². The molecule has 1 N–H and O–H groups in total. The van der Waals surface area contributed by atoms with Gasteiger partial charge in [0.2, 0.25) is 11.8 Å². The molecule has 0 aromatic heterocycles. The van der Waals surface area contributed by atoms with Gasteiger partial charge < -0.3 is 4.90 Å². The highest BCUT2D eigenvalue weighted by Crippen LogP contribution is 2.44. The van der Waals surface area contributed by atoms with E-state index in [1.54, 1.807) is 17.7 Å². The predicted molar refractivity (Wildman–Crippen MR) is 167 cm³/mol. The molecule has 0 saturated carbocycles. The third-order valence-electron chi connectivity index (χ3n) is 10.6. The Morgan fingerprint density at radius 2 is 1.68 bits per heavy atom. The van der Waals surface area contributed by atoms with E-state index in [2.05, 4.69) is 41.1 Å². The number of carbonyl (C=O) groups is 3. The topological polar surface area (TPSA) is 73.0 Å². The molecule has 9 heteroatoms. The van der Waals surface area contributed by atoms with E-state index in [0.29, 0.717) is 35.3 Å². The highest BCUT2D eigenvalue weighted by molar-refractivity contribution is 6.30.